The van der Waals surface area contributed by atoms with Crippen LogP contribution in [0.1, 0.15) is 24.9 Å². The van der Waals surface area contributed by atoms with Crippen LogP contribution in [0.5, 0.6) is 5.75 Å². The van der Waals surface area contributed by atoms with E-state index in [1.165, 1.54) is 0 Å². The van der Waals surface area contributed by atoms with Gasteiger partial charge in [0.15, 0.2) is 0 Å². The molecular formula is C13H17BrF3NO2. The molecule has 20 heavy (non-hydrogen) atoms. The van der Waals surface area contributed by atoms with Gasteiger partial charge in [-0.15, -0.1) is 0 Å². The molecule has 0 spiro atoms. The van der Waals surface area contributed by atoms with Gasteiger partial charge in [-0.1, -0.05) is 15.9 Å². The van der Waals surface area contributed by atoms with E-state index in [2.05, 4.69) is 20.7 Å². The number of rotatable bonds is 7. The van der Waals surface area contributed by atoms with Gasteiger partial charge in [0, 0.05) is 22.7 Å². The molecule has 7 heteroatoms. The topological polar surface area (TPSA) is 44.5 Å². The first kappa shape index (κ1) is 17.3. The molecule has 0 bridgehead atoms. The van der Waals surface area contributed by atoms with Crippen LogP contribution in [0.15, 0.2) is 22.7 Å². The summed E-state index contributed by atoms with van der Waals surface area (Å²) < 4.78 is 46.7. The molecule has 3 nitrogen and oxygen atoms in total. The second-order valence-electron chi connectivity index (χ2n) is 4.18. The summed E-state index contributed by atoms with van der Waals surface area (Å²) >= 11 is 3.33. The zero-order valence-electron chi connectivity index (χ0n) is 11.0. The number of halogens is 4. The zero-order valence-corrected chi connectivity index (χ0v) is 12.6. The van der Waals surface area contributed by atoms with Crippen molar-refractivity contribution in [2.75, 3.05) is 19.8 Å². The Morgan fingerprint density at radius 2 is 2.05 bits per heavy atom. The van der Waals surface area contributed by atoms with Gasteiger partial charge in [0.2, 0.25) is 0 Å². The lowest BCUT2D eigenvalue weighted by Crippen LogP contribution is -2.20. The monoisotopic (exact) mass is 355 g/mol. The average molecular weight is 356 g/mol. The maximum atomic E-state index is 11.9. The van der Waals surface area contributed by atoms with Crippen molar-refractivity contribution in [3.8, 4) is 5.75 Å². The Morgan fingerprint density at radius 1 is 1.35 bits per heavy atom. The fraction of sp³-hybridized carbons (Fsp3) is 0.538. The quantitative estimate of drug-likeness (QED) is 0.756. The van der Waals surface area contributed by atoms with Gasteiger partial charge in [0.25, 0.3) is 0 Å². The van der Waals surface area contributed by atoms with Crippen molar-refractivity contribution in [3.63, 3.8) is 0 Å². The Labute approximate surface area is 124 Å². The molecule has 0 aliphatic heterocycles. The fourth-order valence-electron chi connectivity index (χ4n) is 1.65. The average Bonchev–Trinajstić information content (AvgIpc) is 2.35. The number of hydrogen-bond donors (Lipinski definition) is 1. The molecule has 1 rings (SSSR count). The molecule has 1 atom stereocenters. The van der Waals surface area contributed by atoms with Crippen molar-refractivity contribution >= 4 is 15.9 Å². The second-order valence-corrected chi connectivity index (χ2v) is 5.09. The lowest BCUT2D eigenvalue weighted by Gasteiger charge is -2.17. The van der Waals surface area contributed by atoms with E-state index >= 15 is 0 Å². The van der Waals surface area contributed by atoms with Crippen molar-refractivity contribution in [3.05, 3.63) is 28.2 Å². The summed E-state index contributed by atoms with van der Waals surface area (Å²) in [5.74, 6) is 0.638. The van der Waals surface area contributed by atoms with Crippen LogP contribution in [-0.2, 0) is 4.74 Å². The van der Waals surface area contributed by atoms with Crippen LogP contribution >= 0.6 is 15.9 Å². The molecule has 114 valence electrons. The minimum atomic E-state index is -4.31. The van der Waals surface area contributed by atoms with E-state index in [1.54, 1.807) is 12.1 Å². The molecule has 0 aromatic heterocycles. The summed E-state index contributed by atoms with van der Waals surface area (Å²) in [5.41, 5.74) is 6.73. The number of alkyl halides is 3. The predicted octanol–water partition coefficient (Wildman–Crippen LogP) is 3.82. The molecule has 2 N–H and O–H groups in total. The van der Waals surface area contributed by atoms with Crippen molar-refractivity contribution in [1.29, 1.82) is 0 Å². The fourth-order valence-corrected chi connectivity index (χ4v) is 2.03. The van der Waals surface area contributed by atoms with Crippen molar-refractivity contribution in [2.24, 2.45) is 5.73 Å². The van der Waals surface area contributed by atoms with Crippen LogP contribution in [0.25, 0.3) is 0 Å². The number of benzene rings is 1. The number of hydrogen-bond acceptors (Lipinski definition) is 3. The van der Waals surface area contributed by atoms with Crippen LogP contribution < -0.4 is 10.5 Å². The molecule has 1 aromatic carbocycles. The van der Waals surface area contributed by atoms with Gasteiger partial charge in [-0.3, -0.25) is 0 Å². The van der Waals surface area contributed by atoms with E-state index in [1.807, 2.05) is 13.0 Å². The molecule has 0 aliphatic carbocycles. The van der Waals surface area contributed by atoms with Gasteiger partial charge in [-0.2, -0.15) is 13.2 Å². The SMILES string of the molecule is CCOc1ccc(Br)cc1C(N)CCOCC(F)(F)F. The molecule has 0 aliphatic rings. The number of nitrogens with two attached hydrogens (primary N) is 1. The largest absolute Gasteiger partial charge is 0.494 e. The van der Waals surface area contributed by atoms with Crippen molar-refractivity contribution in [1.82, 2.24) is 0 Å². The molecule has 0 saturated heterocycles. The summed E-state index contributed by atoms with van der Waals surface area (Å²) in [7, 11) is 0. The second kappa shape index (κ2) is 7.85. The summed E-state index contributed by atoms with van der Waals surface area (Å²) in [5, 5.41) is 0. The van der Waals surface area contributed by atoms with Crippen LogP contribution in [0.4, 0.5) is 13.2 Å². The lowest BCUT2D eigenvalue weighted by atomic mass is 10.0. The van der Waals surface area contributed by atoms with Crippen LogP contribution in [0.3, 0.4) is 0 Å². The van der Waals surface area contributed by atoms with Gasteiger partial charge >= 0.3 is 6.18 Å². The Morgan fingerprint density at radius 3 is 2.65 bits per heavy atom. The van der Waals surface area contributed by atoms with Gasteiger partial charge in [-0.05, 0) is 31.5 Å². The molecule has 0 heterocycles. The third-order valence-electron chi connectivity index (χ3n) is 2.51. The van der Waals surface area contributed by atoms with Gasteiger partial charge in [-0.25, -0.2) is 0 Å². The van der Waals surface area contributed by atoms with Gasteiger partial charge in [0.1, 0.15) is 12.4 Å². The highest BCUT2D eigenvalue weighted by molar-refractivity contribution is 9.10. The first-order chi connectivity index (χ1) is 9.33. The van der Waals surface area contributed by atoms with Gasteiger partial charge in [0.05, 0.1) is 6.61 Å². The van der Waals surface area contributed by atoms with E-state index in [-0.39, 0.29) is 13.0 Å². The van der Waals surface area contributed by atoms with E-state index in [0.29, 0.717) is 12.4 Å². The minimum Gasteiger partial charge on any atom is -0.494 e. The van der Waals surface area contributed by atoms with Gasteiger partial charge < -0.3 is 15.2 Å². The normalized spacial score (nSPS) is 13.3. The van der Waals surface area contributed by atoms with E-state index in [9.17, 15) is 13.2 Å². The molecule has 0 saturated carbocycles. The van der Waals surface area contributed by atoms with E-state index < -0.39 is 18.8 Å². The lowest BCUT2D eigenvalue weighted by molar-refractivity contribution is -0.174. The summed E-state index contributed by atoms with van der Waals surface area (Å²) in [6.07, 6.45) is -4.02. The van der Waals surface area contributed by atoms with Crippen LogP contribution in [0.2, 0.25) is 0 Å². The Hall–Kier alpha value is -0.790. The maximum Gasteiger partial charge on any atom is 0.411 e. The Kier molecular flexibility index (Phi) is 6.78. The third kappa shape index (κ3) is 6.11. The Bertz CT molecular complexity index is 427. The highest BCUT2D eigenvalue weighted by Crippen LogP contribution is 2.29. The maximum absolute atomic E-state index is 11.9. The summed E-state index contributed by atoms with van der Waals surface area (Å²) in [6, 6.07) is 4.96. The van der Waals surface area contributed by atoms with E-state index in [4.69, 9.17) is 10.5 Å². The highest BCUT2D eigenvalue weighted by Gasteiger charge is 2.27. The molecule has 1 unspecified atom stereocenters. The molecule has 0 radical (unpaired) electrons. The number of ether oxygens (including phenoxy) is 2. The molecular weight excluding hydrogens is 339 g/mol. The first-order valence-corrected chi connectivity index (χ1v) is 6.95. The Balaban J connectivity index is 2.58. The standard InChI is InChI=1S/C13H17BrF3NO2/c1-2-20-12-4-3-9(14)7-10(12)11(18)5-6-19-8-13(15,16)17/h3-4,7,11H,2,5-6,8,18H2,1H3. The van der Waals surface area contributed by atoms with Crippen LogP contribution in [-0.4, -0.2) is 26.0 Å². The molecule has 1 aromatic rings. The predicted molar refractivity (Wildman–Crippen MR) is 73.7 cm³/mol. The molecule has 0 amide bonds. The van der Waals surface area contributed by atoms with Crippen molar-refractivity contribution < 1.29 is 22.6 Å². The highest BCUT2D eigenvalue weighted by atomic mass is 79.9. The smallest absolute Gasteiger partial charge is 0.411 e. The zero-order chi connectivity index (χ0) is 15.2. The van der Waals surface area contributed by atoms with E-state index in [0.717, 1.165) is 10.0 Å². The summed E-state index contributed by atoms with van der Waals surface area (Å²) in [4.78, 5) is 0. The van der Waals surface area contributed by atoms with Crippen LogP contribution in [0, 0.1) is 0 Å². The first-order valence-electron chi connectivity index (χ1n) is 6.16. The minimum absolute atomic E-state index is 0.0568. The third-order valence-corrected chi connectivity index (χ3v) is 3.00. The summed E-state index contributed by atoms with van der Waals surface area (Å²) in [6.45, 7) is 1.03. The van der Waals surface area contributed by atoms with Crippen molar-refractivity contribution in [2.45, 2.75) is 25.6 Å². The molecule has 0 fully saturated rings.